The van der Waals surface area contributed by atoms with Crippen LogP contribution >= 0.6 is 0 Å². The lowest BCUT2D eigenvalue weighted by atomic mass is 10.1. The molecule has 0 aliphatic carbocycles. The zero-order valence-electron chi connectivity index (χ0n) is 17.4. The molecular formula is C23H27N3O4. The number of piperazine rings is 1. The molecule has 2 aliphatic heterocycles. The topological polar surface area (TPSA) is 62.3 Å². The molecule has 0 unspecified atom stereocenters. The van der Waals surface area contributed by atoms with Crippen LogP contribution in [0, 0.1) is 0 Å². The highest BCUT2D eigenvalue weighted by Crippen LogP contribution is 2.31. The van der Waals surface area contributed by atoms with Crippen molar-refractivity contribution >= 4 is 23.2 Å². The van der Waals surface area contributed by atoms with E-state index in [9.17, 15) is 9.59 Å². The highest BCUT2D eigenvalue weighted by Gasteiger charge is 2.43. The number of anilines is 2. The molecule has 1 atom stereocenters. The fourth-order valence-corrected chi connectivity index (χ4v) is 4.20. The second-order valence-electron chi connectivity index (χ2n) is 7.41. The van der Waals surface area contributed by atoms with Crippen molar-refractivity contribution in [2.75, 3.05) is 49.7 Å². The van der Waals surface area contributed by atoms with Gasteiger partial charge in [-0.3, -0.25) is 14.5 Å². The van der Waals surface area contributed by atoms with Gasteiger partial charge in [0.05, 0.1) is 37.6 Å². The summed E-state index contributed by atoms with van der Waals surface area (Å²) in [5.41, 5.74) is 1.66. The Labute approximate surface area is 176 Å². The number of methoxy groups -OCH3 is 1. The second kappa shape index (κ2) is 8.75. The van der Waals surface area contributed by atoms with Crippen molar-refractivity contribution in [1.29, 1.82) is 0 Å². The minimum atomic E-state index is -0.399. The molecule has 4 rings (SSSR count). The van der Waals surface area contributed by atoms with Crippen LogP contribution in [0.15, 0.2) is 48.5 Å². The molecule has 7 nitrogen and oxygen atoms in total. The van der Waals surface area contributed by atoms with Crippen molar-refractivity contribution in [3.05, 3.63) is 48.5 Å². The number of amides is 2. The Balaban J connectivity index is 1.42. The lowest BCUT2D eigenvalue weighted by Gasteiger charge is -2.38. The average molecular weight is 409 g/mol. The summed E-state index contributed by atoms with van der Waals surface area (Å²) in [5, 5.41) is 0. The first-order chi connectivity index (χ1) is 14.6. The van der Waals surface area contributed by atoms with Crippen LogP contribution in [0.1, 0.15) is 13.3 Å². The van der Waals surface area contributed by atoms with Crippen LogP contribution in [0.4, 0.5) is 11.4 Å². The van der Waals surface area contributed by atoms with Gasteiger partial charge in [-0.2, -0.15) is 0 Å². The SMILES string of the molecule is CCOc1ccc(N2C(=O)C[C@H](N3CCN(c4ccccc4OC)CC3)C2=O)cc1. The Kier molecular flexibility index (Phi) is 5.90. The molecule has 2 aromatic rings. The highest BCUT2D eigenvalue weighted by atomic mass is 16.5. The molecule has 2 aliphatic rings. The zero-order valence-corrected chi connectivity index (χ0v) is 17.4. The molecule has 30 heavy (non-hydrogen) atoms. The predicted octanol–water partition coefficient (Wildman–Crippen LogP) is 2.55. The van der Waals surface area contributed by atoms with E-state index in [2.05, 4.69) is 9.80 Å². The fraction of sp³-hybridized carbons (Fsp3) is 0.391. The van der Waals surface area contributed by atoms with Gasteiger partial charge in [-0.15, -0.1) is 0 Å². The second-order valence-corrected chi connectivity index (χ2v) is 7.41. The van der Waals surface area contributed by atoms with E-state index in [4.69, 9.17) is 9.47 Å². The molecule has 158 valence electrons. The number of para-hydroxylation sites is 2. The molecule has 0 spiro atoms. The van der Waals surface area contributed by atoms with Gasteiger partial charge in [-0.1, -0.05) is 12.1 Å². The Bertz CT molecular complexity index is 907. The van der Waals surface area contributed by atoms with Gasteiger partial charge in [0.1, 0.15) is 11.5 Å². The number of carbonyl (C=O) groups is 2. The fourth-order valence-electron chi connectivity index (χ4n) is 4.20. The van der Waals surface area contributed by atoms with Gasteiger partial charge in [0, 0.05) is 26.2 Å². The number of hydrogen-bond donors (Lipinski definition) is 0. The van der Waals surface area contributed by atoms with Crippen LogP contribution in [0.25, 0.3) is 0 Å². The van der Waals surface area contributed by atoms with Gasteiger partial charge < -0.3 is 14.4 Å². The number of benzene rings is 2. The predicted molar refractivity (Wildman–Crippen MR) is 115 cm³/mol. The van der Waals surface area contributed by atoms with Crippen LogP contribution in [-0.4, -0.2) is 62.7 Å². The zero-order chi connectivity index (χ0) is 21.1. The van der Waals surface area contributed by atoms with Gasteiger partial charge in [-0.25, -0.2) is 4.90 Å². The van der Waals surface area contributed by atoms with E-state index < -0.39 is 6.04 Å². The molecule has 0 bridgehead atoms. The van der Waals surface area contributed by atoms with Crippen LogP contribution < -0.4 is 19.3 Å². The molecule has 0 radical (unpaired) electrons. The maximum atomic E-state index is 13.1. The van der Waals surface area contributed by atoms with Crippen LogP contribution in [0.3, 0.4) is 0 Å². The summed E-state index contributed by atoms with van der Waals surface area (Å²) in [7, 11) is 1.67. The molecule has 0 N–H and O–H groups in total. The lowest BCUT2D eigenvalue weighted by Crippen LogP contribution is -2.52. The van der Waals surface area contributed by atoms with E-state index >= 15 is 0 Å². The first-order valence-electron chi connectivity index (χ1n) is 10.3. The first kappa shape index (κ1) is 20.2. The quantitative estimate of drug-likeness (QED) is 0.684. The van der Waals surface area contributed by atoms with E-state index in [0.717, 1.165) is 43.4 Å². The Morgan fingerprint density at radius 2 is 1.67 bits per heavy atom. The number of nitrogens with zero attached hydrogens (tertiary/aromatic N) is 3. The summed E-state index contributed by atoms with van der Waals surface area (Å²) in [6, 6.07) is 14.7. The minimum Gasteiger partial charge on any atom is -0.495 e. The third-order valence-corrected chi connectivity index (χ3v) is 5.71. The summed E-state index contributed by atoms with van der Waals surface area (Å²) in [6.07, 6.45) is 0.223. The molecule has 0 aromatic heterocycles. The minimum absolute atomic E-state index is 0.144. The van der Waals surface area contributed by atoms with E-state index in [1.54, 1.807) is 31.4 Å². The van der Waals surface area contributed by atoms with E-state index in [-0.39, 0.29) is 18.2 Å². The molecular weight excluding hydrogens is 382 g/mol. The van der Waals surface area contributed by atoms with Gasteiger partial charge in [0.15, 0.2) is 0 Å². The normalized spacial score (nSPS) is 20.0. The lowest BCUT2D eigenvalue weighted by molar-refractivity contribution is -0.123. The van der Waals surface area contributed by atoms with Gasteiger partial charge >= 0.3 is 0 Å². The Morgan fingerprint density at radius 1 is 0.967 bits per heavy atom. The Morgan fingerprint density at radius 3 is 2.33 bits per heavy atom. The third-order valence-electron chi connectivity index (χ3n) is 5.71. The molecule has 2 aromatic carbocycles. The maximum absolute atomic E-state index is 13.1. The van der Waals surface area contributed by atoms with Crippen molar-refractivity contribution in [2.45, 2.75) is 19.4 Å². The standard InChI is InChI=1S/C23H27N3O4/c1-3-30-18-10-8-17(9-11-18)26-22(27)16-20(23(26)28)25-14-12-24(13-15-25)19-6-4-5-7-21(19)29-2/h4-11,20H,3,12-16H2,1-2H3/t20-/m0/s1. The summed E-state index contributed by atoms with van der Waals surface area (Å²) in [5.74, 6) is 1.28. The summed E-state index contributed by atoms with van der Waals surface area (Å²) >= 11 is 0. The molecule has 2 heterocycles. The van der Waals surface area contributed by atoms with Crippen LogP contribution in [-0.2, 0) is 9.59 Å². The number of hydrogen-bond acceptors (Lipinski definition) is 6. The smallest absolute Gasteiger partial charge is 0.251 e. The van der Waals surface area contributed by atoms with Crippen molar-refractivity contribution in [3.63, 3.8) is 0 Å². The molecule has 7 heteroatoms. The van der Waals surface area contributed by atoms with Crippen molar-refractivity contribution < 1.29 is 19.1 Å². The van der Waals surface area contributed by atoms with E-state index in [1.807, 2.05) is 31.2 Å². The maximum Gasteiger partial charge on any atom is 0.251 e. The van der Waals surface area contributed by atoms with Crippen LogP contribution in [0.2, 0.25) is 0 Å². The molecule has 2 amide bonds. The average Bonchev–Trinajstić information content (AvgIpc) is 3.08. The number of ether oxygens (including phenoxy) is 2. The summed E-state index contributed by atoms with van der Waals surface area (Å²) < 4.78 is 10.9. The van der Waals surface area contributed by atoms with Crippen LogP contribution in [0.5, 0.6) is 11.5 Å². The Hall–Kier alpha value is -3.06. The molecule has 0 saturated carbocycles. The third kappa shape index (κ3) is 3.85. The van der Waals surface area contributed by atoms with Gasteiger partial charge in [0.25, 0.3) is 5.91 Å². The number of imide groups is 1. The van der Waals surface area contributed by atoms with Crippen molar-refractivity contribution in [1.82, 2.24) is 4.90 Å². The summed E-state index contributed by atoms with van der Waals surface area (Å²) in [6.45, 7) is 5.49. The summed E-state index contributed by atoms with van der Waals surface area (Å²) in [4.78, 5) is 31.4. The van der Waals surface area contributed by atoms with Gasteiger partial charge in [-0.05, 0) is 43.3 Å². The molecule has 2 saturated heterocycles. The van der Waals surface area contributed by atoms with Crippen molar-refractivity contribution in [3.8, 4) is 11.5 Å². The largest absolute Gasteiger partial charge is 0.495 e. The van der Waals surface area contributed by atoms with E-state index in [1.165, 1.54) is 4.90 Å². The number of rotatable bonds is 6. The highest BCUT2D eigenvalue weighted by molar-refractivity contribution is 6.22. The first-order valence-corrected chi connectivity index (χ1v) is 10.3. The molecule has 2 fully saturated rings. The monoisotopic (exact) mass is 409 g/mol. The van der Waals surface area contributed by atoms with E-state index in [0.29, 0.717) is 12.3 Å². The van der Waals surface area contributed by atoms with Gasteiger partial charge in [0.2, 0.25) is 5.91 Å². The number of carbonyl (C=O) groups excluding carboxylic acids is 2. The van der Waals surface area contributed by atoms with Crippen molar-refractivity contribution in [2.24, 2.45) is 0 Å².